The predicted octanol–water partition coefficient (Wildman–Crippen LogP) is 0.210. The second kappa shape index (κ2) is 7.25. The van der Waals surface area contributed by atoms with E-state index in [1.165, 1.54) is 31.2 Å². The Hall–Kier alpha value is -2.41. The Morgan fingerprint density at radius 1 is 1.20 bits per heavy atom. The molecule has 0 radical (unpaired) electrons. The lowest BCUT2D eigenvalue weighted by Crippen LogP contribution is -2.41. The molecule has 4 N–H and O–H groups in total. The van der Waals surface area contributed by atoms with Crippen LogP contribution in [0.1, 0.15) is 23.7 Å². The highest BCUT2D eigenvalue weighted by molar-refractivity contribution is 5.97. The molecule has 0 bridgehead atoms. The van der Waals surface area contributed by atoms with Gasteiger partial charge in [0.25, 0.3) is 5.91 Å². The van der Waals surface area contributed by atoms with E-state index in [1.807, 2.05) is 0 Å². The molecule has 0 fully saturated rings. The molecule has 0 saturated carbocycles. The van der Waals surface area contributed by atoms with Gasteiger partial charge in [-0.05, 0) is 24.3 Å². The molecular formula is C13H16N2O5. The summed E-state index contributed by atoms with van der Waals surface area (Å²) in [6.45, 7) is 1.03. The van der Waals surface area contributed by atoms with Crippen LogP contribution in [-0.4, -0.2) is 40.6 Å². The highest BCUT2D eigenvalue weighted by Gasteiger charge is 2.19. The molecule has 1 aromatic rings. The Kier molecular flexibility index (Phi) is 5.67. The first-order valence-electron chi connectivity index (χ1n) is 5.96. The lowest BCUT2D eigenvalue weighted by atomic mass is 10.1. The summed E-state index contributed by atoms with van der Waals surface area (Å²) in [5, 5.41) is 22.5. The van der Waals surface area contributed by atoms with Crippen LogP contribution in [0.2, 0.25) is 0 Å². The standard InChI is InChI=1S/C13H16N2O5/c1-8(17)14-10-4-2-9(3-5-10)12(18)15-11(6-7-16)13(19)20/h2-5,11,16H,6-7H2,1H3,(H,14,17)(H,15,18)(H,19,20). The van der Waals surface area contributed by atoms with Gasteiger partial charge in [0.05, 0.1) is 0 Å². The van der Waals surface area contributed by atoms with Crippen LogP contribution in [-0.2, 0) is 9.59 Å². The normalized spacial score (nSPS) is 11.5. The van der Waals surface area contributed by atoms with Gasteiger partial charge in [0.15, 0.2) is 0 Å². The van der Waals surface area contributed by atoms with Crippen molar-refractivity contribution in [3.05, 3.63) is 29.8 Å². The molecule has 0 aliphatic carbocycles. The number of hydrogen-bond donors (Lipinski definition) is 4. The molecular weight excluding hydrogens is 264 g/mol. The molecule has 20 heavy (non-hydrogen) atoms. The van der Waals surface area contributed by atoms with Crippen LogP contribution < -0.4 is 10.6 Å². The number of aliphatic carboxylic acids is 1. The Labute approximate surface area is 115 Å². The zero-order chi connectivity index (χ0) is 15.1. The molecule has 1 aromatic carbocycles. The second-order valence-corrected chi connectivity index (χ2v) is 4.14. The number of aliphatic hydroxyl groups excluding tert-OH is 1. The maximum Gasteiger partial charge on any atom is 0.326 e. The van der Waals surface area contributed by atoms with Gasteiger partial charge in [-0.25, -0.2) is 4.79 Å². The second-order valence-electron chi connectivity index (χ2n) is 4.14. The van der Waals surface area contributed by atoms with Crippen LogP contribution in [0.3, 0.4) is 0 Å². The predicted molar refractivity (Wildman–Crippen MR) is 71.3 cm³/mol. The maximum atomic E-state index is 11.8. The molecule has 0 spiro atoms. The molecule has 2 amide bonds. The Morgan fingerprint density at radius 2 is 1.80 bits per heavy atom. The van der Waals surface area contributed by atoms with Crippen molar-refractivity contribution < 1.29 is 24.6 Å². The quantitative estimate of drug-likeness (QED) is 0.594. The number of carbonyl (C=O) groups excluding carboxylic acids is 2. The highest BCUT2D eigenvalue weighted by atomic mass is 16.4. The largest absolute Gasteiger partial charge is 0.480 e. The van der Waals surface area contributed by atoms with Crippen molar-refractivity contribution in [2.75, 3.05) is 11.9 Å². The maximum absolute atomic E-state index is 11.8. The summed E-state index contributed by atoms with van der Waals surface area (Å²) in [5.41, 5.74) is 0.808. The zero-order valence-electron chi connectivity index (χ0n) is 10.9. The van der Waals surface area contributed by atoms with Gasteiger partial charge in [-0.2, -0.15) is 0 Å². The van der Waals surface area contributed by atoms with Gasteiger partial charge in [-0.15, -0.1) is 0 Å². The van der Waals surface area contributed by atoms with E-state index in [9.17, 15) is 14.4 Å². The summed E-state index contributed by atoms with van der Waals surface area (Å²) in [5.74, 6) is -1.99. The first kappa shape index (κ1) is 15.6. The minimum atomic E-state index is -1.21. The number of rotatable bonds is 6. The number of benzene rings is 1. The number of carbonyl (C=O) groups is 3. The van der Waals surface area contributed by atoms with E-state index in [4.69, 9.17) is 10.2 Å². The van der Waals surface area contributed by atoms with E-state index in [1.54, 1.807) is 0 Å². The number of amides is 2. The van der Waals surface area contributed by atoms with Gasteiger partial charge in [0.2, 0.25) is 5.91 Å². The molecule has 0 heterocycles. The summed E-state index contributed by atoms with van der Waals surface area (Å²) in [6, 6.07) is 4.88. The van der Waals surface area contributed by atoms with Gasteiger partial charge >= 0.3 is 5.97 Å². The minimum absolute atomic E-state index is 0.0644. The van der Waals surface area contributed by atoms with Crippen molar-refractivity contribution >= 4 is 23.5 Å². The lowest BCUT2D eigenvalue weighted by Gasteiger charge is -2.13. The molecule has 0 aliphatic heterocycles. The minimum Gasteiger partial charge on any atom is -0.480 e. The van der Waals surface area contributed by atoms with Gasteiger partial charge in [-0.1, -0.05) is 0 Å². The van der Waals surface area contributed by atoms with E-state index in [0.717, 1.165) is 0 Å². The highest BCUT2D eigenvalue weighted by Crippen LogP contribution is 2.09. The molecule has 0 aliphatic rings. The number of carboxylic acids is 1. The van der Waals surface area contributed by atoms with Crippen LogP contribution >= 0.6 is 0 Å². The van der Waals surface area contributed by atoms with E-state index < -0.39 is 17.9 Å². The van der Waals surface area contributed by atoms with Crippen molar-refractivity contribution in [3.63, 3.8) is 0 Å². The number of carboxylic acid groups (broad SMARTS) is 1. The van der Waals surface area contributed by atoms with Crippen LogP contribution in [0, 0.1) is 0 Å². The summed E-state index contributed by atoms with van der Waals surface area (Å²) in [4.78, 5) is 33.5. The summed E-state index contributed by atoms with van der Waals surface area (Å²) in [7, 11) is 0. The van der Waals surface area contributed by atoms with Crippen molar-refractivity contribution in [2.24, 2.45) is 0 Å². The van der Waals surface area contributed by atoms with Crippen LogP contribution in [0.15, 0.2) is 24.3 Å². The summed E-state index contributed by atoms with van der Waals surface area (Å²) < 4.78 is 0. The Morgan fingerprint density at radius 3 is 2.25 bits per heavy atom. The van der Waals surface area contributed by atoms with Gasteiger partial charge in [0, 0.05) is 31.2 Å². The van der Waals surface area contributed by atoms with Crippen LogP contribution in [0.5, 0.6) is 0 Å². The fraction of sp³-hybridized carbons (Fsp3) is 0.308. The SMILES string of the molecule is CC(=O)Nc1ccc(C(=O)NC(CCO)C(=O)O)cc1. The van der Waals surface area contributed by atoms with Crippen molar-refractivity contribution in [1.29, 1.82) is 0 Å². The number of anilines is 1. The number of aliphatic hydroxyl groups is 1. The molecule has 1 rings (SSSR count). The Bertz CT molecular complexity index is 498. The monoisotopic (exact) mass is 280 g/mol. The first-order chi connectivity index (χ1) is 9.43. The van der Waals surface area contributed by atoms with E-state index in [-0.39, 0.29) is 24.5 Å². The van der Waals surface area contributed by atoms with Crippen molar-refractivity contribution in [3.8, 4) is 0 Å². The molecule has 108 valence electrons. The van der Waals surface area contributed by atoms with Gasteiger partial charge in [0.1, 0.15) is 6.04 Å². The molecule has 1 unspecified atom stereocenters. The van der Waals surface area contributed by atoms with Crippen LogP contribution in [0.4, 0.5) is 5.69 Å². The zero-order valence-corrected chi connectivity index (χ0v) is 10.9. The average molecular weight is 280 g/mol. The lowest BCUT2D eigenvalue weighted by molar-refractivity contribution is -0.139. The van der Waals surface area contributed by atoms with Gasteiger partial charge < -0.3 is 20.8 Å². The third-order valence-electron chi connectivity index (χ3n) is 2.49. The van der Waals surface area contributed by atoms with Crippen molar-refractivity contribution in [2.45, 2.75) is 19.4 Å². The van der Waals surface area contributed by atoms with Crippen LogP contribution in [0.25, 0.3) is 0 Å². The third kappa shape index (κ3) is 4.69. The Balaban J connectivity index is 2.71. The topological polar surface area (TPSA) is 116 Å². The molecule has 7 nitrogen and oxygen atoms in total. The molecule has 0 aromatic heterocycles. The molecule has 1 atom stereocenters. The smallest absolute Gasteiger partial charge is 0.326 e. The number of nitrogens with one attached hydrogen (secondary N) is 2. The molecule has 0 saturated heterocycles. The fourth-order valence-electron chi connectivity index (χ4n) is 1.54. The number of hydrogen-bond acceptors (Lipinski definition) is 4. The van der Waals surface area contributed by atoms with Gasteiger partial charge in [-0.3, -0.25) is 9.59 Å². The van der Waals surface area contributed by atoms with Crippen molar-refractivity contribution in [1.82, 2.24) is 5.32 Å². The average Bonchev–Trinajstić information content (AvgIpc) is 2.38. The van der Waals surface area contributed by atoms with E-state index in [2.05, 4.69) is 10.6 Å². The summed E-state index contributed by atoms with van der Waals surface area (Å²) >= 11 is 0. The van der Waals surface area contributed by atoms with E-state index in [0.29, 0.717) is 5.69 Å². The third-order valence-corrected chi connectivity index (χ3v) is 2.49. The molecule has 7 heteroatoms. The first-order valence-corrected chi connectivity index (χ1v) is 5.96. The summed E-state index contributed by atoms with van der Waals surface area (Å²) in [6.07, 6.45) is -0.0644. The fourth-order valence-corrected chi connectivity index (χ4v) is 1.54. The van der Waals surface area contributed by atoms with E-state index >= 15 is 0 Å².